The fraction of sp³-hybridized carbons (Fsp3) is 0.469. The molecule has 1 heterocycles. The van der Waals surface area contributed by atoms with Gasteiger partial charge >= 0.3 is 0 Å². The summed E-state index contributed by atoms with van der Waals surface area (Å²) in [4.78, 5) is 14.6. The summed E-state index contributed by atoms with van der Waals surface area (Å²) in [6, 6.07) is 14.3. The van der Waals surface area contributed by atoms with E-state index in [-0.39, 0.29) is 5.56 Å². The highest BCUT2D eigenvalue weighted by Gasteiger charge is 2.03. The number of aryl methyl sites for hydroxylation is 4. The molecule has 3 rings (SSSR count). The fourth-order valence-electron chi connectivity index (χ4n) is 2.80. The van der Waals surface area contributed by atoms with Crippen LogP contribution >= 0.6 is 0 Å². The third-order valence-corrected chi connectivity index (χ3v) is 4.58. The Balaban J connectivity index is 0. The second-order valence-corrected chi connectivity index (χ2v) is 8.48. The molecule has 0 spiro atoms. The Hall–Kier alpha value is -2.81. The summed E-state index contributed by atoms with van der Waals surface area (Å²) in [5.41, 5.74) is 6.65. The molecule has 0 aliphatic carbocycles. The van der Waals surface area contributed by atoms with Gasteiger partial charge in [0.05, 0.1) is 12.1 Å². The molecule has 0 unspecified atom stereocenters. The van der Waals surface area contributed by atoms with Gasteiger partial charge in [0.15, 0.2) is 0 Å². The van der Waals surface area contributed by atoms with Crippen LogP contribution in [0.3, 0.4) is 0 Å². The van der Waals surface area contributed by atoms with Crippen molar-refractivity contribution in [3.8, 4) is 5.75 Å². The highest BCUT2D eigenvalue weighted by molar-refractivity contribution is 5.82. The zero-order valence-electron chi connectivity index (χ0n) is 24.4. The van der Waals surface area contributed by atoms with E-state index in [1.54, 1.807) is 0 Å². The Morgan fingerprint density at radius 3 is 1.80 bits per heavy atom. The number of ether oxygens (including phenoxy) is 1. The first kappa shape index (κ1) is 34.4. The van der Waals surface area contributed by atoms with E-state index in [4.69, 9.17) is 4.74 Å². The number of hydrogen-bond donors (Lipinski definition) is 1. The third-order valence-electron chi connectivity index (χ3n) is 4.58. The minimum atomic E-state index is 0.0388. The van der Waals surface area contributed by atoms with Crippen LogP contribution in [0.2, 0.25) is 0 Å². The summed E-state index contributed by atoms with van der Waals surface area (Å²) >= 11 is 0. The van der Waals surface area contributed by atoms with Crippen molar-refractivity contribution in [1.29, 1.82) is 0 Å². The van der Waals surface area contributed by atoms with Crippen molar-refractivity contribution >= 4 is 10.9 Å². The number of benzene rings is 2. The molecule has 35 heavy (non-hydrogen) atoms. The largest absolute Gasteiger partial charge is 0.494 e. The van der Waals surface area contributed by atoms with Crippen molar-refractivity contribution in [2.75, 3.05) is 6.61 Å². The van der Waals surface area contributed by atoms with Crippen molar-refractivity contribution in [1.82, 2.24) is 4.98 Å². The summed E-state index contributed by atoms with van der Waals surface area (Å²) < 4.78 is 5.26. The number of aromatic nitrogens is 1. The maximum Gasteiger partial charge on any atom is 0.251 e. The second-order valence-electron chi connectivity index (χ2n) is 8.48. The Morgan fingerprint density at radius 2 is 1.37 bits per heavy atom. The maximum atomic E-state index is 11.6. The maximum absolute atomic E-state index is 11.6. The Morgan fingerprint density at radius 1 is 0.857 bits per heavy atom. The average Bonchev–Trinajstić information content (AvgIpc) is 2.82. The van der Waals surface area contributed by atoms with E-state index in [0.29, 0.717) is 0 Å². The molecule has 1 aromatic heterocycles. The first-order valence-electron chi connectivity index (χ1n) is 13.0. The molecule has 0 atom stereocenters. The molecular formula is C32H51NO2. The van der Waals surface area contributed by atoms with Gasteiger partial charge in [-0.2, -0.15) is 0 Å². The van der Waals surface area contributed by atoms with Crippen LogP contribution < -0.4 is 10.3 Å². The lowest BCUT2D eigenvalue weighted by molar-refractivity contribution is 0.340. The minimum absolute atomic E-state index is 0.0388. The first-order valence-corrected chi connectivity index (χ1v) is 13.0. The zero-order valence-corrected chi connectivity index (χ0v) is 24.4. The predicted octanol–water partition coefficient (Wildman–Crippen LogP) is 9.52. The smallest absolute Gasteiger partial charge is 0.251 e. The van der Waals surface area contributed by atoms with Gasteiger partial charge in [0, 0.05) is 5.56 Å². The molecule has 0 fully saturated rings. The summed E-state index contributed by atoms with van der Waals surface area (Å²) in [6.07, 6.45) is 3.41. The molecule has 0 amide bonds. The molecule has 3 heteroatoms. The number of hydrogen-bond acceptors (Lipinski definition) is 2. The van der Waals surface area contributed by atoms with Crippen molar-refractivity contribution < 1.29 is 4.74 Å². The van der Waals surface area contributed by atoms with Gasteiger partial charge in [0.2, 0.25) is 0 Å². The van der Waals surface area contributed by atoms with Crippen LogP contribution in [0.1, 0.15) is 90.5 Å². The molecule has 0 aliphatic rings. The van der Waals surface area contributed by atoms with E-state index in [2.05, 4.69) is 51.4 Å². The lowest BCUT2D eigenvalue weighted by Gasteiger charge is -2.05. The summed E-state index contributed by atoms with van der Waals surface area (Å²) in [7, 11) is 0. The minimum Gasteiger partial charge on any atom is -0.494 e. The Kier molecular flexibility index (Phi) is 20.2. The molecule has 3 aromatic rings. The summed E-state index contributed by atoms with van der Waals surface area (Å²) in [5, 5.41) is 1.13. The molecule has 3 nitrogen and oxygen atoms in total. The molecule has 0 aliphatic heterocycles. The number of pyridine rings is 1. The van der Waals surface area contributed by atoms with Gasteiger partial charge in [0.1, 0.15) is 5.75 Å². The van der Waals surface area contributed by atoms with Gasteiger partial charge in [-0.1, -0.05) is 82.4 Å². The zero-order chi connectivity index (χ0) is 27.4. The third kappa shape index (κ3) is 15.7. The van der Waals surface area contributed by atoms with E-state index in [1.807, 2.05) is 78.8 Å². The van der Waals surface area contributed by atoms with E-state index < -0.39 is 0 Å². The molecule has 2 aromatic carbocycles. The lowest BCUT2D eigenvalue weighted by Crippen LogP contribution is -2.11. The van der Waals surface area contributed by atoms with Gasteiger partial charge in [-0.3, -0.25) is 4.79 Å². The number of rotatable bonds is 4. The fourth-order valence-corrected chi connectivity index (χ4v) is 2.80. The van der Waals surface area contributed by atoms with Crippen LogP contribution in [-0.4, -0.2) is 11.6 Å². The molecule has 0 saturated carbocycles. The summed E-state index contributed by atoms with van der Waals surface area (Å²) in [5.74, 6) is 0.952. The number of H-pyrrole nitrogens is 1. The molecule has 196 valence electrons. The average molecular weight is 482 g/mol. The normalized spacial score (nSPS) is 9.11. The predicted molar refractivity (Wildman–Crippen MR) is 158 cm³/mol. The van der Waals surface area contributed by atoms with Gasteiger partial charge in [0.25, 0.3) is 5.56 Å². The van der Waals surface area contributed by atoms with E-state index in [9.17, 15) is 4.79 Å². The van der Waals surface area contributed by atoms with Crippen LogP contribution in [0.5, 0.6) is 5.75 Å². The van der Waals surface area contributed by atoms with E-state index in [1.165, 1.54) is 29.5 Å². The van der Waals surface area contributed by atoms with Crippen LogP contribution in [0.4, 0.5) is 0 Å². The highest BCUT2D eigenvalue weighted by Crippen LogP contribution is 2.18. The second kappa shape index (κ2) is 20.6. The first-order chi connectivity index (χ1) is 16.6. The molecule has 0 radical (unpaired) electrons. The van der Waals surface area contributed by atoms with Crippen LogP contribution in [0, 0.1) is 20.8 Å². The lowest BCUT2D eigenvalue weighted by atomic mass is 10.0. The number of aromatic amines is 1. The van der Waals surface area contributed by atoms with Crippen LogP contribution in [0.25, 0.3) is 10.9 Å². The van der Waals surface area contributed by atoms with Gasteiger partial charge in [-0.05, 0) is 83.2 Å². The Bertz CT molecular complexity index is 1010. The van der Waals surface area contributed by atoms with Crippen molar-refractivity contribution in [3.05, 3.63) is 87.2 Å². The molecule has 0 saturated heterocycles. The molecule has 0 bridgehead atoms. The topological polar surface area (TPSA) is 42.1 Å². The van der Waals surface area contributed by atoms with Crippen LogP contribution in [0.15, 0.2) is 59.4 Å². The quantitative estimate of drug-likeness (QED) is 0.377. The van der Waals surface area contributed by atoms with Gasteiger partial charge in [-0.25, -0.2) is 0 Å². The SMILES string of the molecule is C=C(C)C.CC.CCCC.CCOc1ccc(C)cc1.CCc1cc2cc(C)cc(C)c2[nH]c1=O. The standard InChI is InChI=1S/C13H15NO.C9H12O.C4H8.C4H10.C2H6/c1-4-10-7-11-6-8(2)5-9(3)12(11)14-13(10)15;1-3-10-9-6-4-8(2)5-7-9;1-4(2)3;1-3-4-2;1-2/h5-7H,4H2,1-3H3,(H,14,15);4-7H,3H2,1-2H3;1H2,2-3H3;3-4H2,1-2H3;1-2H3. The number of allylic oxidation sites excluding steroid dienone is 1. The molecule has 1 N–H and O–H groups in total. The monoisotopic (exact) mass is 481 g/mol. The van der Waals surface area contributed by atoms with Crippen LogP contribution in [-0.2, 0) is 6.42 Å². The van der Waals surface area contributed by atoms with Gasteiger partial charge < -0.3 is 9.72 Å². The Labute approximate surface area is 215 Å². The number of unbranched alkanes of at least 4 members (excludes halogenated alkanes) is 1. The summed E-state index contributed by atoms with van der Waals surface area (Å²) in [6.45, 7) is 26.7. The number of fused-ring (bicyclic) bond motifs is 1. The van der Waals surface area contributed by atoms with Crippen molar-refractivity contribution in [2.24, 2.45) is 0 Å². The molecular weight excluding hydrogens is 430 g/mol. The van der Waals surface area contributed by atoms with E-state index >= 15 is 0 Å². The number of nitrogens with one attached hydrogen (secondary N) is 1. The van der Waals surface area contributed by atoms with E-state index in [0.717, 1.165) is 40.8 Å². The van der Waals surface area contributed by atoms with Crippen molar-refractivity contribution in [2.45, 2.75) is 95.4 Å². The van der Waals surface area contributed by atoms with Crippen molar-refractivity contribution in [3.63, 3.8) is 0 Å². The van der Waals surface area contributed by atoms with Gasteiger partial charge in [-0.15, -0.1) is 6.58 Å². The highest BCUT2D eigenvalue weighted by atomic mass is 16.5.